The summed E-state index contributed by atoms with van der Waals surface area (Å²) in [7, 11) is -4.43. The zero-order chi connectivity index (χ0) is 23.8. The Bertz CT molecular complexity index is 1080. The Labute approximate surface area is 191 Å². The van der Waals surface area contributed by atoms with Crippen LogP contribution in [0.5, 0.6) is 0 Å². The molecule has 1 atom stereocenters. The molecule has 3 rings (SSSR count). The number of hydrogen-bond donors (Lipinski definition) is 2. The summed E-state index contributed by atoms with van der Waals surface area (Å²) in [6, 6.07) is 11.8. The normalized spacial score (nSPS) is 16.8. The van der Waals surface area contributed by atoms with Gasteiger partial charge in [-0.3, -0.25) is 9.59 Å². The Morgan fingerprint density at radius 3 is 2.55 bits per heavy atom. The van der Waals surface area contributed by atoms with E-state index in [9.17, 15) is 26.8 Å². The van der Waals surface area contributed by atoms with Crippen molar-refractivity contribution in [3.63, 3.8) is 0 Å². The molecule has 0 aromatic heterocycles. The van der Waals surface area contributed by atoms with E-state index in [-0.39, 0.29) is 19.7 Å². The van der Waals surface area contributed by atoms with E-state index < -0.39 is 44.6 Å². The third kappa shape index (κ3) is 6.56. The summed E-state index contributed by atoms with van der Waals surface area (Å²) in [5, 5.41) is 4.85. The summed E-state index contributed by atoms with van der Waals surface area (Å²) in [5.41, 5.74) is 1.11. The number of halogens is 2. The highest BCUT2D eigenvalue weighted by Gasteiger charge is 2.36. The Morgan fingerprint density at radius 1 is 1.06 bits per heavy atom. The van der Waals surface area contributed by atoms with Gasteiger partial charge in [-0.1, -0.05) is 30.3 Å². The van der Waals surface area contributed by atoms with Crippen LogP contribution in [0.15, 0.2) is 53.4 Å². The van der Waals surface area contributed by atoms with E-state index in [4.69, 9.17) is 4.74 Å². The number of aryl methyl sites for hydroxylation is 1. The van der Waals surface area contributed by atoms with Gasteiger partial charge in [-0.05, 0) is 43.0 Å². The van der Waals surface area contributed by atoms with E-state index in [1.165, 1.54) is 0 Å². The first-order chi connectivity index (χ1) is 15.8. The maximum Gasteiger partial charge on any atom is 0.309 e. The summed E-state index contributed by atoms with van der Waals surface area (Å²) in [6.07, 6.45) is 0.547. The smallest absolute Gasteiger partial charge is 0.309 e. The fourth-order valence-corrected chi connectivity index (χ4v) is 5.03. The zero-order valence-corrected chi connectivity index (χ0v) is 18.6. The SMILES string of the molecule is O=C(NCCCc1ccccc1)C(=O)NC[C@@H]1OCCCN1S(=O)(=O)c1cc(F)ccc1F. The van der Waals surface area contributed by atoms with Gasteiger partial charge in [0.2, 0.25) is 10.0 Å². The number of carbonyl (C=O) groups is 2. The van der Waals surface area contributed by atoms with Crippen LogP contribution < -0.4 is 10.6 Å². The number of amides is 2. The van der Waals surface area contributed by atoms with Gasteiger partial charge < -0.3 is 15.4 Å². The van der Waals surface area contributed by atoms with Gasteiger partial charge in [-0.15, -0.1) is 0 Å². The first-order valence-electron chi connectivity index (χ1n) is 10.5. The summed E-state index contributed by atoms with van der Waals surface area (Å²) in [6.45, 7) is 0.168. The van der Waals surface area contributed by atoms with E-state index in [1.54, 1.807) is 0 Å². The van der Waals surface area contributed by atoms with Crippen molar-refractivity contribution >= 4 is 21.8 Å². The molecule has 8 nitrogen and oxygen atoms in total. The molecular weight excluding hydrogens is 456 g/mol. The van der Waals surface area contributed by atoms with Gasteiger partial charge in [0.1, 0.15) is 22.8 Å². The molecule has 0 aliphatic carbocycles. The Morgan fingerprint density at radius 2 is 1.79 bits per heavy atom. The maximum atomic E-state index is 14.1. The van der Waals surface area contributed by atoms with Gasteiger partial charge in [0.15, 0.2) is 0 Å². The molecule has 0 radical (unpaired) electrons. The second kappa shape index (κ2) is 11.3. The molecule has 2 aromatic carbocycles. The van der Waals surface area contributed by atoms with Gasteiger partial charge in [0.05, 0.1) is 13.2 Å². The quantitative estimate of drug-likeness (QED) is 0.440. The number of hydrogen-bond acceptors (Lipinski definition) is 5. The van der Waals surface area contributed by atoms with Crippen molar-refractivity contribution in [2.45, 2.75) is 30.4 Å². The lowest BCUT2D eigenvalue weighted by molar-refractivity contribution is -0.140. The first kappa shape index (κ1) is 24.7. The molecule has 0 spiro atoms. The molecule has 11 heteroatoms. The molecule has 2 amide bonds. The highest BCUT2D eigenvalue weighted by molar-refractivity contribution is 7.89. The van der Waals surface area contributed by atoms with E-state index in [2.05, 4.69) is 10.6 Å². The van der Waals surface area contributed by atoms with Crippen molar-refractivity contribution in [3.05, 3.63) is 65.7 Å². The number of carbonyl (C=O) groups excluding carboxylic acids is 2. The second-order valence-electron chi connectivity index (χ2n) is 7.42. The molecule has 1 aliphatic rings. The van der Waals surface area contributed by atoms with Crippen molar-refractivity contribution in [2.75, 3.05) is 26.2 Å². The lowest BCUT2D eigenvalue weighted by Gasteiger charge is -2.34. The Balaban J connectivity index is 1.53. The maximum absolute atomic E-state index is 14.1. The largest absolute Gasteiger partial charge is 0.360 e. The topological polar surface area (TPSA) is 105 Å². The lowest BCUT2D eigenvalue weighted by atomic mass is 10.1. The van der Waals surface area contributed by atoms with E-state index in [1.807, 2.05) is 30.3 Å². The number of rotatable bonds is 8. The van der Waals surface area contributed by atoms with Crippen LogP contribution >= 0.6 is 0 Å². The molecule has 2 N–H and O–H groups in total. The predicted molar refractivity (Wildman–Crippen MR) is 115 cm³/mol. The average Bonchev–Trinajstić information content (AvgIpc) is 2.82. The molecule has 1 saturated heterocycles. The molecule has 178 valence electrons. The molecule has 1 aliphatic heterocycles. The minimum Gasteiger partial charge on any atom is -0.360 e. The van der Waals surface area contributed by atoms with Crippen LogP contribution in [0.3, 0.4) is 0 Å². The number of nitrogens with one attached hydrogen (secondary N) is 2. The minimum atomic E-state index is -4.43. The highest BCUT2D eigenvalue weighted by Crippen LogP contribution is 2.24. The summed E-state index contributed by atoms with van der Waals surface area (Å²) < 4.78 is 59.7. The van der Waals surface area contributed by atoms with Gasteiger partial charge >= 0.3 is 11.8 Å². The van der Waals surface area contributed by atoms with Gasteiger partial charge in [-0.25, -0.2) is 17.2 Å². The molecule has 0 saturated carbocycles. The number of benzene rings is 2. The van der Waals surface area contributed by atoms with Crippen LogP contribution in [0.2, 0.25) is 0 Å². The number of nitrogens with zero attached hydrogens (tertiary/aromatic N) is 1. The van der Waals surface area contributed by atoms with Crippen molar-refractivity contribution < 1.29 is 31.5 Å². The molecule has 2 aromatic rings. The predicted octanol–water partition coefficient (Wildman–Crippen LogP) is 1.57. The van der Waals surface area contributed by atoms with E-state index in [0.29, 0.717) is 25.5 Å². The first-order valence-corrected chi connectivity index (χ1v) is 11.9. The highest BCUT2D eigenvalue weighted by atomic mass is 32.2. The van der Waals surface area contributed by atoms with E-state index >= 15 is 0 Å². The van der Waals surface area contributed by atoms with Crippen molar-refractivity contribution in [3.8, 4) is 0 Å². The molecule has 0 unspecified atom stereocenters. The van der Waals surface area contributed by atoms with E-state index in [0.717, 1.165) is 28.4 Å². The lowest BCUT2D eigenvalue weighted by Crippen LogP contribution is -2.53. The summed E-state index contributed by atoms with van der Waals surface area (Å²) in [5.74, 6) is -3.80. The zero-order valence-electron chi connectivity index (χ0n) is 17.8. The third-order valence-corrected chi connectivity index (χ3v) is 6.95. The number of sulfonamides is 1. The molecular formula is C22H25F2N3O5S. The monoisotopic (exact) mass is 481 g/mol. The van der Waals surface area contributed by atoms with Gasteiger partial charge in [0, 0.05) is 13.1 Å². The van der Waals surface area contributed by atoms with Crippen molar-refractivity contribution in [2.24, 2.45) is 0 Å². The fraction of sp³-hybridized carbons (Fsp3) is 0.364. The standard InChI is InChI=1S/C22H25F2N3O5S/c23-17-9-10-18(24)19(14-17)33(30,31)27-12-5-13-32-20(27)15-26-22(29)21(28)25-11-4-8-16-6-2-1-3-7-16/h1-3,6-7,9-10,14,20H,4-5,8,11-13,15H2,(H,25,28)(H,26,29)/t20-/m0/s1. The molecule has 0 bridgehead atoms. The number of ether oxygens (including phenoxy) is 1. The van der Waals surface area contributed by atoms with Crippen molar-refractivity contribution in [1.29, 1.82) is 0 Å². The second-order valence-corrected chi connectivity index (χ2v) is 9.28. The van der Waals surface area contributed by atoms with Crippen LogP contribution in [0.25, 0.3) is 0 Å². The van der Waals surface area contributed by atoms with Gasteiger partial charge in [-0.2, -0.15) is 4.31 Å². The molecule has 1 heterocycles. The van der Waals surface area contributed by atoms with Crippen molar-refractivity contribution in [1.82, 2.24) is 14.9 Å². The minimum absolute atomic E-state index is 0.00942. The molecule has 1 fully saturated rings. The summed E-state index contributed by atoms with van der Waals surface area (Å²) >= 11 is 0. The fourth-order valence-electron chi connectivity index (χ4n) is 3.38. The van der Waals surface area contributed by atoms with Crippen LogP contribution in [-0.4, -0.2) is 57.0 Å². The molecule has 33 heavy (non-hydrogen) atoms. The van der Waals surface area contributed by atoms with Gasteiger partial charge in [0.25, 0.3) is 0 Å². The third-order valence-electron chi connectivity index (χ3n) is 5.05. The van der Waals surface area contributed by atoms with Crippen LogP contribution in [0.1, 0.15) is 18.4 Å². The Kier molecular flexibility index (Phi) is 8.48. The van der Waals surface area contributed by atoms with Crippen LogP contribution in [0, 0.1) is 11.6 Å². The Hall–Kier alpha value is -2.89. The average molecular weight is 482 g/mol. The van der Waals surface area contributed by atoms with Crippen LogP contribution in [0.4, 0.5) is 8.78 Å². The summed E-state index contributed by atoms with van der Waals surface area (Å²) in [4.78, 5) is 23.3. The van der Waals surface area contributed by atoms with Crippen LogP contribution in [-0.2, 0) is 30.8 Å².